The molecule has 0 bridgehead atoms. The van der Waals surface area contributed by atoms with Gasteiger partial charge >= 0.3 is 6.09 Å². The highest BCUT2D eigenvalue weighted by Crippen LogP contribution is 2.28. The highest BCUT2D eigenvalue weighted by molar-refractivity contribution is 5.90. The number of hydrogen-bond acceptors (Lipinski definition) is 7. The van der Waals surface area contributed by atoms with E-state index in [4.69, 9.17) is 0 Å². The quantitative estimate of drug-likeness (QED) is 0.0979. The molecule has 5 N–H and O–H groups in total. The number of nitrogens with one attached hydrogen (secondary N) is 5. The van der Waals surface area contributed by atoms with Crippen LogP contribution in [0, 0.1) is 0 Å². The molecule has 14 nitrogen and oxygen atoms in total. The van der Waals surface area contributed by atoms with Crippen molar-refractivity contribution in [1.29, 1.82) is 0 Å². The minimum atomic E-state index is -0.643. The van der Waals surface area contributed by atoms with Crippen molar-refractivity contribution in [3.63, 3.8) is 0 Å². The van der Waals surface area contributed by atoms with Gasteiger partial charge in [-0.25, -0.2) is 9.78 Å². The lowest BCUT2D eigenvalue weighted by Gasteiger charge is -2.21. The zero-order chi connectivity index (χ0) is 40.8. The number of amides is 5. The van der Waals surface area contributed by atoms with E-state index in [1.54, 1.807) is 11.1 Å². The Kier molecular flexibility index (Phi) is 20.4. The first kappa shape index (κ1) is 45.5. The second-order valence-corrected chi connectivity index (χ2v) is 13.1. The summed E-state index contributed by atoms with van der Waals surface area (Å²) in [6.45, 7) is 15.6. The van der Waals surface area contributed by atoms with Gasteiger partial charge in [0.05, 0.1) is 32.1 Å². The van der Waals surface area contributed by atoms with Crippen molar-refractivity contribution in [2.75, 3.05) is 38.6 Å². The molecular weight excluding hydrogens is 701 g/mol. The van der Waals surface area contributed by atoms with Crippen molar-refractivity contribution < 1.29 is 28.7 Å². The fourth-order valence-electron chi connectivity index (χ4n) is 5.54. The van der Waals surface area contributed by atoms with Crippen LogP contribution >= 0.6 is 0 Å². The molecule has 1 fully saturated rings. The molecule has 3 heterocycles. The van der Waals surface area contributed by atoms with E-state index in [2.05, 4.69) is 63.3 Å². The molecule has 4 aromatic rings. The lowest BCUT2D eigenvalue weighted by Crippen LogP contribution is -2.41. The zero-order valence-electron chi connectivity index (χ0n) is 33.7. The van der Waals surface area contributed by atoms with Crippen LogP contribution in [-0.2, 0) is 30.5 Å². The lowest BCUT2D eigenvalue weighted by atomic mass is 10.1. The highest BCUT2D eigenvalue weighted by atomic mass is 16.5. The van der Waals surface area contributed by atoms with Gasteiger partial charge in [-0.05, 0) is 61.6 Å². The Labute approximate surface area is 325 Å². The maximum atomic E-state index is 12.5. The minimum Gasteiger partial charge on any atom is -0.453 e. The molecule has 1 saturated heterocycles. The summed E-state index contributed by atoms with van der Waals surface area (Å²) < 4.78 is 4.52. The Balaban J connectivity index is 0.000000455. The number of carbonyl (C=O) groups excluding carboxylic acids is 5. The normalized spacial score (nSPS) is 12.8. The van der Waals surface area contributed by atoms with Crippen LogP contribution in [0.5, 0.6) is 0 Å². The number of carbonyl (C=O) groups is 5. The Hall–Kier alpha value is -5.66. The number of anilines is 1. The number of benzene rings is 2. The summed E-state index contributed by atoms with van der Waals surface area (Å²) in [7, 11) is 1.25. The Morgan fingerprint density at radius 3 is 2.15 bits per heavy atom. The van der Waals surface area contributed by atoms with Crippen molar-refractivity contribution in [1.82, 2.24) is 35.4 Å². The van der Waals surface area contributed by atoms with E-state index < -0.39 is 6.09 Å². The van der Waals surface area contributed by atoms with Gasteiger partial charge < -0.3 is 40.5 Å². The van der Waals surface area contributed by atoms with Crippen LogP contribution in [-0.4, -0.2) is 94.3 Å². The SMILES string of the molecule is CC(=O)NCC(=O)N1CCCC1C.CCC.CCC.CCCN(Cc1ncc(-c2ccc(-c3cc4cc(NC=O)ccc4[nH]3)cc2)[nH]1)C(=O)CNC(=O)OC. The summed E-state index contributed by atoms with van der Waals surface area (Å²) in [6, 6.07) is 16.1. The smallest absolute Gasteiger partial charge is 0.407 e. The number of likely N-dealkylation sites (tertiary alicyclic amines) is 1. The fourth-order valence-corrected chi connectivity index (χ4v) is 5.54. The molecule has 5 amide bonds. The summed E-state index contributed by atoms with van der Waals surface area (Å²) >= 11 is 0. The van der Waals surface area contributed by atoms with Crippen LogP contribution in [0.15, 0.2) is 54.7 Å². The van der Waals surface area contributed by atoms with Crippen LogP contribution in [0.2, 0.25) is 0 Å². The number of aromatic amines is 2. The van der Waals surface area contributed by atoms with Gasteiger partial charge in [-0.2, -0.15) is 0 Å². The van der Waals surface area contributed by atoms with E-state index in [1.807, 2.05) is 67.3 Å². The second kappa shape index (κ2) is 24.6. The first-order valence-electron chi connectivity index (χ1n) is 19.1. The average Bonchev–Trinajstić information content (AvgIpc) is 3.93. The summed E-state index contributed by atoms with van der Waals surface area (Å²) in [5, 5.41) is 8.61. The number of alkyl carbamates (subject to hydrolysis) is 1. The number of aromatic nitrogens is 3. The van der Waals surface area contributed by atoms with Gasteiger partial charge in [-0.1, -0.05) is 71.7 Å². The van der Waals surface area contributed by atoms with Crippen LogP contribution in [0.3, 0.4) is 0 Å². The minimum absolute atomic E-state index is 0.0280. The van der Waals surface area contributed by atoms with E-state index in [-0.39, 0.29) is 30.8 Å². The molecule has 0 radical (unpaired) electrons. The van der Waals surface area contributed by atoms with E-state index in [1.165, 1.54) is 26.9 Å². The Morgan fingerprint density at radius 1 is 0.927 bits per heavy atom. The van der Waals surface area contributed by atoms with E-state index in [0.29, 0.717) is 31.4 Å². The zero-order valence-corrected chi connectivity index (χ0v) is 33.7. The second-order valence-electron chi connectivity index (χ2n) is 13.1. The van der Waals surface area contributed by atoms with E-state index in [0.717, 1.165) is 64.9 Å². The predicted octanol–water partition coefficient (Wildman–Crippen LogP) is 6.85. The van der Waals surface area contributed by atoms with Crippen LogP contribution < -0.4 is 16.0 Å². The standard InChI is InChI=1S/C26H28N6O4.C9H16N2O2.2C3H8/c1-3-10-32(25(34)14-28-26(35)36-2)15-24-27-13-23(31-24)18-6-4-17(5-7-18)22-12-19-11-20(29-16-33)8-9-21(19)30-22;1-7-4-3-5-11(7)9(13)6-10-8(2)12;2*1-3-2/h4-9,11-13,16,30H,3,10,14-15H2,1-2H3,(H,27,31)(H,28,35)(H,29,33);7H,3-6H2,1-2H3,(H,10,12);2*3H2,1-2H3. The molecule has 1 atom stereocenters. The first-order chi connectivity index (χ1) is 26.4. The number of rotatable bonds is 12. The first-order valence-corrected chi connectivity index (χ1v) is 19.1. The Bertz CT molecular complexity index is 1780. The lowest BCUT2D eigenvalue weighted by molar-refractivity contribution is -0.133. The van der Waals surface area contributed by atoms with Crippen LogP contribution in [0.25, 0.3) is 33.4 Å². The van der Waals surface area contributed by atoms with Crippen molar-refractivity contribution >= 4 is 46.8 Å². The topological polar surface area (TPSA) is 182 Å². The molecule has 1 aliphatic heterocycles. The van der Waals surface area contributed by atoms with Gasteiger partial charge in [-0.15, -0.1) is 0 Å². The molecule has 300 valence electrons. The van der Waals surface area contributed by atoms with Gasteiger partial charge in [0.25, 0.3) is 0 Å². The fraction of sp³-hybridized carbons (Fsp3) is 0.463. The third kappa shape index (κ3) is 15.3. The molecule has 2 aromatic heterocycles. The number of fused-ring (bicyclic) bond motifs is 1. The molecule has 5 rings (SSSR count). The maximum Gasteiger partial charge on any atom is 0.407 e. The molecule has 2 aromatic carbocycles. The van der Waals surface area contributed by atoms with Gasteiger partial charge in [0.1, 0.15) is 12.4 Å². The van der Waals surface area contributed by atoms with Crippen LogP contribution in [0.4, 0.5) is 10.5 Å². The van der Waals surface area contributed by atoms with E-state index >= 15 is 0 Å². The molecular formula is C41H60N8O6. The molecule has 1 unspecified atom stereocenters. The molecule has 0 aliphatic carbocycles. The number of nitrogens with zero attached hydrogens (tertiary/aromatic N) is 3. The molecule has 0 spiro atoms. The number of methoxy groups -OCH3 is 1. The number of hydrogen-bond donors (Lipinski definition) is 5. The van der Waals surface area contributed by atoms with Crippen molar-refractivity contribution in [3.05, 3.63) is 60.6 Å². The average molecular weight is 761 g/mol. The summed E-state index contributed by atoms with van der Waals surface area (Å²) in [5.41, 5.74) is 5.53. The third-order valence-corrected chi connectivity index (χ3v) is 8.10. The largest absolute Gasteiger partial charge is 0.453 e. The van der Waals surface area contributed by atoms with E-state index in [9.17, 15) is 24.0 Å². The van der Waals surface area contributed by atoms with Gasteiger partial charge in [0, 0.05) is 48.3 Å². The van der Waals surface area contributed by atoms with Gasteiger partial charge in [-0.3, -0.25) is 19.2 Å². The predicted molar refractivity (Wildman–Crippen MR) is 218 cm³/mol. The van der Waals surface area contributed by atoms with Crippen molar-refractivity contribution in [2.45, 2.75) is 93.2 Å². The molecule has 0 saturated carbocycles. The number of ether oxygens (including phenoxy) is 1. The van der Waals surface area contributed by atoms with Gasteiger partial charge in [0.2, 0.25) is 24.1 Å². The Morgan fingerprint density at radius 2 is 1.58 bits per heavy atom. The number of imidazole rings is 1. The van der Waals surface area contributed by atoms with Gasteiger partial charge in [0.15, 0.2) is 0 Å². The number of H-pyrrole nitrogens is 2. The monoisotopic (exact) mass is 760 g/mol. The van der Waals surface area contributed by atoms with Crippen LogP contribution in [0.1, 0.15) is 86.4 Å². The summed E-state index contributed by atoms with van der Waals surface area (Å²) in [6.07, 6.45) is 7.20. The molecule has 1 aliphatic rings. The van der Waals surface area contributed by atoms with Crippen molar-refractivity contribution in [2.24, 2.45) is 0 Å². The maximum absolute atomic E-state index is 12.5. The van der Waals surface area contributed by atoms with Crippen molar-refractivity contribution in [3.8, 4) is 22.5 Å². The highest BCUT2D eigenvalue weighted by Gasteiger charge is 2.24. The molecule has 55 heavy (non-hydrogen) atoms. The third-order valence-electron chi connectivity index (χ3n) is 8.10. The summed E-state index contributed by atoms with van der Waals surface area (Å²) in [4.78, 5) is 71.1. The molecule has 14 heteroatoms. The summed E-state index contributed by atoms with van der Waals surface area (Å²) in [5.74, 6) is 0.321.